The average Bonchev–Trinajstić information content (AvgIpc) is 3.24. The second-order valence-corrected chi connectivity index (χ2v) is 10.0. The van der Waals surface area contributed by atoms with Crippen LogP contribution in [0.1, 0.15) is 25.0 Å². The zero-order chi connectivity index (χ0) is 23.7. The van der Waals surface area contributed by atoms with E-state index in [1.807, 2.05) is 16.4 Å². The number of hydrogen-bond donors (Lipinski definition) is 0. The summed E-state index contributed by atoms with van der Waals surface area (Å²) >= 11 is 0. The summed E-state index contributed by atoms with van der Waals surface area (Å²) in [5, 5.41) is 0. The number of alkyl halides is 3. The normalized spacial score (nSPS) is 13.0. The van der Waals surface area contributed by atoms with Crippen LogP contribution in [-0.2, 0) is 36.2 Å². The Labute approximate surface area is 185 Å². The van der Waals surface area contributed by atoms with Crippen LogP contribution < -0.4 is 0 Å². The number of hydrogen-bond acceptors (Lipinski definition) is 5. The van der Waals surface area contributed by atoms with E-state index in [9.17, 15) is 21.6 Å². The van der Waals surface area contributed by atoms with E-state index < -0.39 is 22.7 Å². The minimum absolute atomic E-state index is 0.158. The molecule has 0 atom stereocenters. The quantitative estimate of drug-likeness (QED) is 0.478. The molecule has 3 rings (SSSR count). The van der Waals surface area contributed by atoms with Crippen LogP contribution in [0.3, 0.4) is 0 Å². The van der Waals surface area contributed by atoms with Gasteiger partial charge < -0.3 is 9.13 Å². The van der Waals surface area contributed by atoms with Gasteiger partial charge in [0.05, 0.1) is 29.0 Å². The minimum Gasteiger partial charge on any atom is -0.327 e. The molecule has 32 heavy (non-hydrogen) atoms. The van der Waals surface area contributed by atoms with E-state index in [2.05, 4.69) is 9.97 Å². The number of aromatic nitrogens is 4. The van der Waals surface area contributed by atoms with E-state index in [1.165, 1.54) is 26.5 Å². The lowest BCUT2D eigenvalue weighted by Crippen LogP contribution is -2.25. The van der Waals surface area contributed by atoms with Crippen LogP contribution >= 0.6 is 0 Å². The Morgan fingerprint density at radius 3 is 2.41 bits per heavy atom. The summed E-state index contributed by atoms with van der Waals surface area (Å²) in [5.74, 6) is 1.01. The summed E-state index contributed by atoms with van der Waals surface area (Å²) in [4.78, 5) is 10.7. The zero-order valence-corrected chi connectivity index (χ0v) is 19.3. The Morgan fingerprint density at radius 2 is 1.78 bits per heavy atom. The van der Waals surface area contributed by atoms with Gasteiger partial charge in [0.25, 0.3) is 0 Å². The molecule has 0 aliphatic rings. The first-order valence-electron chi connectivity index (χ1n) is 10.1. The van der Waals surface area contributed by atoms with Crippen molar-refractivity contribution in [2.45, 2.75) is 50.6 Å². The standard InChI is InChI=1S/C20H27F3N6O2S/c1-5-9-29-17-7-6-15(32(30,31)26(2)3)11-16(17)25-19(29)13-27(4)12-18-24-8-10-28(18)14-20(21,22)23/h6-8,10-11H,5,9,12-14H2,1-4H3. The van der Waals surface area contributed by atoms with Gasteiger partial charge in [-0.2, -0.15) is 13.2 Å². The molecule has 0 aliphatic heterocycles. The fraction of sp³-hybridized carbons (Fsp3) is 0.500. The molecule has 0 saturated carbocycles. The second-order valence-electron chi connectivity index (χ2n) is 7.88. The van der Waals surface area contributed by atoms with Gasteiger partial charge in [-0.05, 0) is 31.7 Å². The number of sulfonamides is 1. The maximum absolute atomic E-state index is 12.8. The van der Waals surface area contributed by atoms with E-state index in [4.69, 9.17) is 0 Å². The molecule has 0 amide bonds. The van der Waals surface area contributed by atoms with Gasteiger partial charge in [0.1, 0.15) is 18.2 Å². The smallest absolute Gasteiger partial charge is 0.327 e. The molecule has 0 radical (unpaired) electrons. The van der Waals surface area contributed by atoms with Gasteiger partial charge in [-0.1, -0.05) is 6.92 Å². The summed E-state index contributed by atoms with van der Waals surface area (Å²) in [6.07, 6.45) is -0.812. The summed E-state index contributed by atoms with van der Waals surface area (Å²) in [7, 11) is 1.13. The van der Waals surface area contributed by atoms with Crippen molar-refractivity contribution >= 4 is 21.1 Å². The zero-order valence-electron chi connectivity index (χ0n) is 18.5. The second kappa shape index (κ2) is 9.20. The number of halogens is 3. The molecule has 0 N–H and O–H groups in total. The Kier molecular flexibility index (Phi) is 6.96. The third-order valence-electron chi connectivity index (χ3n) is 5.00. The van der Waals surface area contributed by atoms with Gasteiger partial charge in [-0.3, -0.25) is 4.90 Å². The molecule has 2 heterocycles. The molecule has 0 saturated heterocycles. The van der Waals surface area contributed by atoms with Crippen LogP contribution in [0.2, 0.25) is 0 Å². The molecular formula is C20H27F3N6O2S. The van der Waals surface area contributed by atoms with Gasteiger partial charge in [-0.25, -0.2) is 22.7 Å². The van der Waals surface area contributed by atoms with Crippen molar-refractivity contribution in [1.82, 2.24) is 28.3 Å². The first kappa shape index (κ1) is 24.2. The highest BCUT2D eigenvalue weighted by Crippen LogP contribution is 2.24. The molecule has 12 heteroatoms. The SMILES string of the molecule is CCCn1c(CN(C)Cc2nccn2CC(F)(F)F)nc2cc(S(=O)(=O)N(C)C)ccc21. The van der Waals surface area contributed by atoms with Gasteiger partial charge in [0.15, 0.2) is 0 Å². The molecule has 0 aliphatic carbocycles. The maximum atomic E-state index is 12.8. The molecular weight excluding hydrogens is 445 g/mol. The van der Waals surface area contributed by atoms with Gasteiger partial charge in [-0.15, -0.1) is 0 Å². The van der Waals surface area contributed by atoms with E-state index in [-0.39, 0.29) is 11.4 Å². The predicted octanol–water partition coefficient (Wildman–Crippen LogP) is 3.09. The summed E-state index contributed by atoms with van der Waals surface area (Å²) in [5.41, 5.74) is 1.37. The first-order valence-corrected chi connectivity index (χ1v) is 11.5. The third-order valence-corrected chi connectivity index (χ3v) is 6.81. The van der Waals surface area contributed by atoms with Crippen molar-refractivity contribution in [3.63, 3.8) is 0 Å². The van der Waals surface area contributed by atoms with E-state index >= 15 is 0 Å². The largest absolute Gasteiger partial charge is 0.406 e. The number of benzene rings is 1. The van der Waals surface area contributed by atoms with Crippen molar-refractivity contribution in [2.75, 3.05) is 21.1 Å². The summed E-state index contributed by atoms with van der Waals surface area (Å²) in [6, 6.07) is 4.86. The van der Waals surface area contributed by atoms with Crippen LogP contribution in [0.25, 0.3) is 11.0 Å². The van der Waals surface area contributed by atoms with Gasteiger partial charge in [0.2, 0.25) is 10.0 Å². The molecule has 8 nitrogen and oxygen atoms in total. The Morgan fingerprint density at radius 1 is 1.09 bits per heavy atom. The van der Waals surface area contributed by atoms with Crippen molar-refractivity contribution in [1.29, 1.82) is 0 Å². The van der Waals surface area contributed by atoms with Crippen LogP contribution in [0, 0.1) is 0 Å². The minimum atomic E-state index is -4.33. The average molecular weight is 473 g/mol. The van der Waals surface area contributed by atoms with Crippen LogP contribution in [0.15, 0.2) is 35.5 Å². The number of rotatable bonds is 9. The van der Waals surface area contributed by atoms with Crippen molar-refractivity contribution < 1.29 is 21.6 Å². The Bertz CT molecular complexity index is 1180. The molecule has 0 bridgehead atoms. The monoisotopic (exact) mass is 472 g/mol. The Hall–Kier alpha value is -2.44. The number of fused-ring (bicyclic) bond motifs is 1. The fourth-order valence-electron chi connectivity index (χ4n) is 3.49. The Balaban J connectivity index is 1.88. The van der Waals surface area contributed by atoms with E-state index in [1.54, 1.807) is 25.2 Å². The maximum Gasteiger partial charge on any atom is 0.406 e. The summed E-state index contributed by atoms with van der Waals surface area (Å²) in [6.45, 7) is 2.19. The highest BCUT2D eigenvalue weighted by Gasteiger charge is 2.29. The molecule has 1 aromatic carbocycles. The highest BCUT2D eigenvalue weighted by atomic mass is 32.2. The molecule has 0 fully saturated rings. The molecule has 0 spiro atoms. The summed E-state index contributed by atoms with van der Waals surface area (Å²) < 4.78 is 67.5. The number of imidazole rings is 2. The van der Waals surface area contributed by atoms with Crippen molar-refractivity contribution in [2.24, 2.45) is 0 Å². The first-order chi connectivity index (χ1) is 14.9. The lowest BCUT2D eigenvalue weighted by Gasteiger charge is -2.18. The number of aryl methyl sites for hydroxylation is 1. The van der Waals surface area contributed by atoms with Crippen molar-refractivity contribution in [3.8, 4) is 0 Å². The lowest BCUT2D eigenvalue weighted by atomic mass is 10.3. The number of nitrogens with zero attached hydrogens (tertiary/aromatic N) is 6. The van der Waals surface area contributed by atoms with Crippen LogP contribution in [-0.4, -0.2) is 64.0 Å². The molecule has 3 aromatic rings. The highest BCUT2D eigenvalue weighted by molar-refractivity contribution is 7.89. The van der Waals surface area contributed by atoms with E-state index in [0.717, 1.165) is 20.8 Å². The third kappa shape index (κ3) is 5.30. The van der Waals surface area contributed by atoms with Crippen molar-refractivity contribution in [3.05, 3.63) is 42.2 Å². The fourth-order valence-corrected chi connectivity index (χ4v) is 4.41. The van der Waals surface area contributed by atoms with Crippen LogP contribution in [0.4, 0.5) is 13.2 Å². The molecule has 0 unspecified atom stereocenters. The molecule has 2 aromatic heterocycles. The van der Waals surface area contributed by atoms with Crippen LogP contribution in [0.5, 0.6) is 0 Å². The van der Waals surface area contributed by atoms with Gasteiger partial charge >= 0.3 is 6.18 Å². The molecule has 176 valence electrons. The predicted molar refractivity (Wildman–Crippen MR) is 114 cm³/mol. The topological polar surface area (TPSA) is 76.3 Å². The van der Waals surface area contributed by atoms with E-state index in [0.29, 0.717) is 30.3 Å². The van der Waals surface area contributed by atoms with Gasteiger partial charge in [0, 0.05) is 33.0 Å². The lowest BCUT2D eigenvalue weighted by molar-refractivity contribution is -0.141.